The van der Waals surface area contributed by atoms with Gasteiger partial charge >= 0.3 is 0 Å². The van der Waals surface area contributed by atoms with E-state index in [-0.39, 0.29) is 0 Å². The molecular weight excluding hydrogens is 244 g/mol. The largest absolute Gasteiger partial charge is 0.496 e. The van der Waals surface area contributed by atoms with Crippen LogP contribution in [-0.4, -0.2) is 18.1 Å². The molecule has 3 rings (SSSR count). The summed E-state index contributed by atoms with van der Waals surface area (Å²) in [4.78, 5) is 4.62. The maximum Gasteiger partial charge on any atom is 0.183 e. The van der Waals surface area contributed by atoms with E-state index in [1.807, 2.05) is 6.07 Å². The Morgan fingerprint density at radius 3 is 2.89 bits per heavy atom. The van der Waals surface area contributed by atoms with E-state index in [9.17, 15) is 0 Å². The Morgan fingerprint density at radius 1 is 1.39 bits per heavy atom. The van der Waals surface area contributed by atoms with E-state index < -0.39 is 0 Å². The van der Waals surface area contributed by atoms with Gasteiger partial charge in [0, 0.05) is 17.0 Å². The van der Waals surface area contributed by atoms with E-state index >= 15 is 0 Å². The molecule has 2 aromatic rings. The topological polar surface area (TPSA) is 34.1 Å². The highest BCUT2D eigenvalue weighted by Crippen LogP contribution is 2.31. The van der Waals surface area contributed by atoms with Gasteiger partial charge in [0.25, 0.3) is 0 Å². The zero-order valence-corrected chi connectivity index (χ0v) is 11.4. The van der Waals surface area contributed by atoms with E-state index in [0.29, 0.717) is 6.04 Å². The molecule has 3 nitrogen and oxygen atoms in total. The monoisotopic (exact) mass is 260 g/mol. The van der Waals surface area contributed by atoms with Crippen LogP contribution < -0.4 is 10.1 Å². The minimum atomic E-state index is 0.654. The van der Waals surface area contributed by atoms with Crippen LogP contribution in [0.1, 0.15) is 18.4 Å². The van der Waals surface area contributed by atoms with Crippen molar-refractivity contribution in [1.82, 2.24) is 4.98 Å². The lowest BCUT2D eigenvalue weighted by molar-refractivity contribution is 0.412. The lowest BCUT2D eigenvalue weighted by Gasteiger charge is -2.05. The van der Waals surface area contributed by atoms with Crippen LogP contribution in [-0.2, 0) is 0 Å². The van der Waals surface area contributed by atoms with Crippen LogP contribution in [0.15, 0.2) is 23.6 Å². The highest BCUT2D eigenvalue weighted by molar-refractivity contribution is 7.14. The molecule has 0 radical (unpaired) electrons. The summed E-state index contributed by atoms with van der Waals surface area (Å²) in [5.74, 6) is 0.922. The van der Waals surface area contributed by atoms with Crippen molar-refractivity contribution in [2.24, 2.45) is 0 Å². The number of ether oxygens (including phenoxy) is 1. The predicted octanol–water partition coefficient (Wildman–Crippen LogP) is 3.70. The Balaban J connectivity index is 1.84. The normalized spacial score (nSPS) is 14.6. The average Bonchev–Trinajstić information content (AvgIpc) is 3.05. The number of aryl methyl sites for hydroxylation is 1. The third kappa shape index (κ3) is 2.34. The fourth-order valence-corrected chi connectivity index (χ4v) is 2.71. The van der Waals surface area contributed by atoms with Gasteiger partial charge in [0.2, 0.25) is 0 Å². The van der Waals surface area contributed by atoms with Gasteiger partial charge in [-0.3, -0.25) is 0 Å². The van der Waals surface area contributed by atoms with Crippen molar-refractivity contribution in [3.05, 3.63) is 29.1 Å². The number of nitrogens with zero attached hydrogens (tertiary/aromatic N) is 1. The molecule has 0 aliphatic heterocycles. The first kappa shape index (κ1) is 11.5. The van der Waals surface area contributed by atoms with Gasteiger partial charge < -0.3 is 10.1 Å². The van der Waals surface area contributed by atoms with Crippen LogP contribution >= 0.6 is 11.3 Å². The van der Waals surface area contributed by atoms with Crippen LogP contribution in [0.3, 0.4) is 0 Å². The fourth-order valence-electron chi connectivity index (χ4n) is 1.91. The van der Waals surface area contributed by atoms with E-state index in [2.05, 4.69) is 34.7 Å². The van der Waals surface area contributed by atoms with Gasteiger partial charge in [-0.05, 0) is 43.5 Å². The van der Waals surface area contributed by atoms with E-state index in [0.717, 1.165) is 27.7 Å². The zero-order valence-electron chi connectivity index (χ0n) is 10.6. The van der Waals surface area contributed by atoms with Crippen LogP contribution in [0.4, 0.5) is 5.13 Å². The quantitative estimate of drug-likeness (QED) is 0.910. The minimum Gasteiger partial charge on any atom is -0.496 e. The van der Waals surface area contributed by atoms with Crippen molar-refractivity contribution in [2.75, 3.05) is 12.4 Å². The molecule has 1 aliphatic rings. The van der Waals surface area contributed by atoms with E-state index in [4.69, 9.17) is 4.74 Å². The highest BCUT2D eigenvalue weighted by Gasteiger charge is 2.22. The summed E-state index contributed by atoms with van der Waals surface area (Å²) in [6, 6.07) is 6.83. The number of anilines is 1. The van der Waals surface area contributed by atoms with Crippen LogP contribution in [0.5, 0.6) is 5.75 Å². The summed E-state index contributed by atoms with van der Waals surface area (Å²) in [6.07, 6.45) is 2.55. The summed E-state index contributed by atoms with van der Waals surface area (Å²) < 4.78 is 5.27. The molecule has 0 unspecified atom stereocenters. The fraction of sp³-hybridized carbons (Fsp3) is 0.357. The number of hydrogen-bond donors (Lipinski definition) is 1. The first-order chi connectivity index (χ1) is 8.76. The van der Waals surface area contributed by atoms with Crippen molar-refractivity contribution in [2.45, 2.75) is 25.8 Å². The Hall–Kier alpha value is -1.55. The van der Waals surface area contributed by atoms with Crippen molar-refractivity contribution in [3.8, 4) is 17.0 Å². The Labute approximate surface area is 111 Å². The number of thiazole rings is 1. The summed E-state index contributed by atoms with van der Waals surface area (Å²) in [5.41, 5.74) is 3.32. The van der Waals surface area contributed by atoms with Crippen LogP contribution in [0.2, 0.25) is 0 Å². The molecule has 1 heterocycles. The van der Waals surface area contributed by atoms with E-state index in [1.165, 1.54) is 12.8 Å². The Bertz CT molecular complexity index is 561. The van der Waals surface area contributed by atoms with Crippen LogP contribution in [0.25, 0.3) is 11.3 Å². The second-order valence-corrected chi connectivity index (χ2v) is 5.50. The summed E-state index contributed by atoms with van der Waals surface area (Å²) in [5, 5.41) is 6.56. The average molecular weight is 260 g/mol. The second-order valence-electron chi connectivity index (χ2n) is 4.64. The van der Waals surface area contributed by atoms with Gasteiger partial charge in [0.1, 0.15) is 5.75 Å². The number of hydrogen-bond acceptors (Lipinski definition) is 4. The van der Waals surface area contributed by atoms with E-state index in [1.54, 1.807) is 18.4 Å². The van der Waals surface area contributed by atoms with Gasteiger partial charge in [0.15, 0.2) is 5.13 Å². The first-order valence-electron chi connectivity index (χ1n) is 6.13. The lowest BCUT2D eigenvalue weighted by Crippen LogP contribution is -1.99. The predicted molar refractivity (Wildman–Crippen MR) is 75.5 cm³/mol. The third-order valence-corrected chi connectivity index (χ3v) is 3.87. The molecular formula is C14H16N2OS. The lowest BCUT2D eigenvalue weighted by atomic mass is 10.1. The highest BCUT2D eigenvalue weighted by atomic mass is 32.1. The molecule has 1 N–H and O–H groups in total. The van der Waals surface area contributed by atoms with Crippen molar-refractivity contribution in [1.29, 1.82) is 0 Å². The molecule has 0 atom stereocenters. The number of benzene rings is 1. The molecule has 4 heteroatoms. The molecule has 0 saturated heterocycles. The maximum absolute atomic E-state index is 5.27. The van der Waals surface area contributed by atoms with Crippen molar-refractivity contribution < 1.29 is 4.74 Å². The van der Waals surface area contributed by atoms with Gasteiger partial charge in [0.05, 0.1) is 12.8 Å². The number of nitrogens with one attached hydrogen (secondary N) is 1. The molecule has 1 aromatic heterocycles. The molecule has 1 fully saturated rings. The number of aromatic nitrogens is 1. The van der Waals surface area contributed by atoms with Gasteiger partial charge in [-0.1, -0.05) is 0 Å². The summed E-state index contributed by atoms with van der Waals surface area (Å²) in [6.45, 7) is 2.05. The first-order valence-corrected chi connectivity index (χ1v) is 7.01. The van der Waals surface area contributed by atoms with Crippen LogP contribution in [0, 0.1) is 6.92 Å². The van der Waals surface area contributed by atoms with Crippen molar-refractivity contribution >= 4 is 16.5 Å². The molecule has 18 heavy (non-hydrogen) atoms. The maximum atomic E-state index is 5.27. The summed E-state index contributed by atoms with van der Waals surface area (Å²) >= 11 is 1.68. The zero-order chi connectivity index (χ0) is 12.5. The molecule has 0 bridgehead atoms. The number of methoxy groups -OCH3 is 1. The number of rotatable bonds is 4. The SMILES string of the molecule is COc1ccc(-c2csc(NC3CC3)n2)cc1C. The van der Waals surface area contributed by atoms with Gasteiger partial charge in [-0.25, -0.2) is 4.98 Å². The Kier molecular flexibility index (Phi) is 2.96. The van der Waals surface area contributed by atoms with Gasteiger partial charge in [-0.2, -0.15) is 0 Å². The van der Waals surface area contributed by atoms with Gasteiger partial charge in [-0.15, -0.1) is 11.3 Å². The molecule has 0 amide bonds. The summed E-state index contributed by atoms with van der Waals surface area (Å²) in [7, 11) is 1.70. The molecule has 1 saturated carbocycles. The molecule has 0 spiro atoms. The molecule has 1 aliphatic carbocycles. The third-order valence-electron chi connectivity index (χ3n) is 3.10. The standard InChI is InChI=1S/C14H16N2OS/c1-9-7-10(3-6-13(9)17-2)12-8-18-14(16-12)15-11-4-5-11/h3,6-8,11H,4-5H2,1-2H3,(H,15,16). The second kappa shape index (κ2) is 4.61. The smallest absolute Gasteiger partial charge is 0.183 e. The minimum absolute atomic E-state index is 0.654. The Morgan fingerprint density at radius 2 is 2.22 bits per heavy atom. The molecule has 94 valence electrons. The molecule has 1 aromatic carbocycles. The van der Waals surface area contributed by atoms with Crippen molar-refractivity contribution in [3.63, 3.8) is 0 Å².